The molecule has 0 bridgehead atoms. The topological polar surface area (TPSA) is 45.2 Å². The molecule has 1 aromatic heterocycles. The van der Waals surface area contributed by atoms with Crippen molar-refractivity contribution in [2.45, 2.75) is 13.0 Å². The molecule has 0 amide bonds. The van der Waals surface area contributed by atoms with E-state index in [0.717, 1.165) is 26.6 Å². The monoisotopic (exact) mass is 342 g/mol. The molecule has 0 fully saturated rings. The zero-order valence-electron chi connectivity index (χ0n) is 11.5. The molecule has 1 heterocycles. The van der Waals surface area contributed by atoms with Gasteiger partial charge in [-0.1, -0.05) is 36.4 Å². The maximum atomic E-state index is 10.5. The predicted molar refractivity (Wildman–Crippen MR) is 89.6 cm³/mol. The molecule has 3 aromatic rings. The van der Waals surface area contributed by atoms with Gasteiger partial charge in [0.15, 0.2) is 0 Å². The van der Waals surface area contributed by atoms with Crippen molar-refractivity contribution in [2.24, 2.45) is 0 Å². The van der Waals surface area contributed by atoms with Crippen molar-refractivity contribution >= 4 is 32.4 Å². The number of rotatable bonds is 3. The van der Waals surface area contributed by atoms with Crippen LogP contribution < -0.4 is 5.32 Å². The molecule has 3 nitrogen and oxygen atoms in total. The number of aromatic hydroxyl groups is 1. The van der Waals surface area contributed by atoms with Crippen molar-refractivity contribution in [3.63, 3.8) is 0 Å². The van der Waals surface area contributed by atoms with E-state index in [2.05, 4.69) is 26.2 Å². The van der Waals surface area contributed by atoms with E-state index in [1.807, 2.05) is 55.5 Å². The Morgan fingerprint density at radius 1 is 1.10 bits per heavy atom. The largest absolute Gasteiger partial charge is 0.507 e. The minimum absolute atomic E-state index is 0.0323. The van der Waals surface area contributed by atoms with Gasteiger partial charge in [0.05, 0.1) is 11.7 Å². The lowest BCUT2D eigenvalue weighted by atomic mass is 10.0. The lowest BCUT2D eigenvalue weighted by Crippen LogP contribution is -2.07. The molecular weight excluding hydrogens is 328 g/mol. The number of anilines is 1. The van der Waals surface area contributed by atoms with Crippen LogP contribution in [0.25, 0.3) is 10.8 Å². The molecule has 106 valence electrons. The van der Waals surface area contributed by atoms with E-state index in [-0.39, 0.29) is 6.04 Å². The molecule has 0 saturated carbocycles. The quantitative estimate of drug-likeness (QED) is 0.667. The van der Waals surface area contributed by atoms with Crippen molar-refractivity contribution in [1.82, 2.24) is 4.98 Å². The van der Waals surface area contributed by atoms with Gasteiger partial charge in [-0.3, -0.25) is 0 Å². The van der Waals surface area contributed by atoms with E-state index < -0.39 is 0 Å². The van der Waals surface area contributed by atoms with Crippen LogP contribution in [0.1, 0.15) is 18.5 Å². The van der Waals surface area contributed by atoms with Crippen molar-refractivity contribution in [3.8, 4) is 5.75 Å². The molecule has 4 heteroatoms. The molecule has 2 aromatic carbocycles. The van der Waals surface area contributed by atoms with Gasteiger partial charge in [-0.15, -0.1) is 0 Å². The van der Waals surface area contributed by atoms with Crippen LogP contribution in [0.5, 0.6) is 5.75 Å². The summed E-state index contributed by atoms with van der Waals surface area (Å²) >= 11 is 3.42. The molecule has 0 aliphatic heterocycles. The smallest absolute Gasteiger partial charge is 0.129 e. The Morgan fingerprint density at radius 2 is 1.90 bits per heavy atom. The minimum Gasteiger partial charge on any atom is -0.507 e. The minimum atomic E-state index is -0.0323. The predicted octanol–water partition coefficient (Wildman–Crippen LogP) is 4.88. The van der Waals surface area contributed by atoms with E-state index in [0.29, 0.717) is 5.75 Å². The van der Waals surface area contributed by atoms with Crippen LogP contribution in [-0.2, 0) is 0 Å². The summed E-state index contributed by atoms with van der Waals surface area (Å²) < 4.78 is 0.761. The number of nitrogens with one attached hydrogen (secondary N) is 1. The molecule has 3 rings (SSSR count). The molecule has 0 spiro atoms. The van der Waals surface area contributed by atoms with Crippen molar-refractivity contribution in [1.29, 1.82) is 0 Å². The van der Waals surface area contributed by atoms with E-state index >= 15 is 0 Å². The summed E-state index contributed by atoms with van der Waals surface area (Å²) in [5, 5.41) is 15.8. The molecule has 21 heavy (non-hydrogen) atoms. The summed E-state index contributed by atoms with van der Waals surface area (Å²) in [5.74, 6) is 0.327. The van der Waals surface area contributed by atoms with Crippen molar-refractivity contribution in [3.05, 3.63) is 64.9 Å². The Bertz CT molecular complexity index is 789. The Morgan fingerprint density at radius 3 is 2.71 bits per heavy atom. The van der Waals surface area contributed by atoms with Crippen LogP contribution >= 0.6 is 15.9 Å². The van der Waals surface area contributed by atoms with E-state index in [1.54, 1.807) is 6.20 Å². The third-order valence-corrected chi connectivity index (χ3v) is 4.16. The zero-order valence-corrected chi connectivity index (χ0v) is 13.1. The summed E-state index contributed by atoms with van der Waals surface area (Å²) in [6, 6.07) is 15.6. The molecule has 2 N–H and O–H groups in total. The maximum Gasteiger partial charge on any atom is 0.129 e. The van der Waals surface area contributed by atoms with Gasteiger partial charge in [-0.2, -0.15) is 0 Å². The molecule has 0 saturated heterocycles. The summed E-state index contributed by atoms with van der Waals surface area (Å²) in [6.45, 7) is 2.02. The number of pyridine rings is 1. The molecule has 0 aliphatic carbocycles. The average molecular weight is 343 g/mol. The third-order valence-electron chi connectivity index (χ3n) is 3.53. The fourth-order valence-corrected chi connectivity index (χ4v) is 2.79. The Balaban J connectivity index is 1.97. The van der Waals surface area contributed by atoms with Crippen LogP contribution in [0.4, 0.5) is 5.69 Å². The van der Waals surface area contributed by atoms with Crippen molar-refractivity contribution < 1.29 is 5.11 Å². The fourth-order valence-electron chi connectivity index (χ4n) is 2.43. The number of nitrogens with zero attached hydrogens (tertiary/aromatic N) is 1. The maximum absolute atomic E-state index is 10.5. The highest BCUT2D eigenvalue weighted by Gasteiger charge is 2.13. The third kappa shape index (κ3) is 2.72. The summed E-state index contributed by atoms with van der Waals surface area (Å²) in [5.41, 5.74) is 1.77. The summed E-state index contributed by atoms with van der Waals surface area (Å²) in [6.07, 6.45) is 1.73. The number of hydrogen-bond donors (Lipinski definition) is 2. The number of aromatic nitrogens is 1. The van der Waals surface area contributed by atoms with Gasteiger partial charge < -0.3 is 10.4 Å². The number of benzene rings is 2. The molecule has 0 aliphatic rings. The number of phenolic OH excluding ortho intramolecular Hbond substituents is 1. The van der Waals surface area contributed by atoms with Crippen LogP contribution in [0.15, 0.2) is 59.3 Å². The second-order valence-electron chi connectivity index (χ2n) is 4.93. The summed E-state index contributed by atoms with van der Waals surface area (Å²) in [4.78, 5) is 4.19. The van der Waals surface area contributed by atoms with Gasteiger partial charge in [0.2, 0.25) is 0 Å². The number of hydrogen-bond acceptors (Lipinski definition) is 3. The highest BCUT2D eigenvalue weighted by Crippen LogP contribution is 2.34. The summed E-state index contributed by atoms with van der Waals surface area (Å²) in [7, 11) is 0. The van der Waals surface area contributed by atoms with E-state index in [1.165, 1.54) is 0 Å². The van der Waals surface area contributed by atoms with Gasteiger partial charge >= 0.3 is 0 Å². The first kappa shape index (κ1) is 13.9. The Labute approximate surface area is 131 Å². The lowest BCUT2D eigenvalue weighted by molar-refractivity contribution is 0.472. The molecular formula is C17H15BrN2O. The zero-order chi connectivity index (χ0) is 14.8. The highest BCUT2D eigenvalue weighted by atomic mass is 79.9. The number of halogens is 1. The second-order valence-corrected chi connectivity index (χ2v) is 5.68. The standard InChI is InChI=1S/C17H15BrN2O/c1-11(20-15-7-4-10-19-17(15)18)13-9-8-12-5-2-3-6-14(12)16(13)21/h2-11,20-21H,1H3. The highest BCUT2D eigenvalue weighted by molar-refractivity contribution is 9.10. The molecule has 1 atom stereocenters. The van der Waals surface area contributed by atoms with Gasteiger partial charge in [0, 0.05) is 17.1 Å². The number of fused-ring (bicyclic) bond motifs is 1. The Hall–Kier alpha value is -2.07. The lowest BCUT2D eigenvalue weighted by Gasteiger charge is -2.18. The van der Waals surface area contributed by atoms with Gasteiger partial charge in [-0.25, -0.2) is 4.98 Å². The first-order chi connectivity index (χ1) is 10.2. The fraction of sp³-hybridized carbons (Fsp3) is 0.118. The second kappa shape index (κ2) is 5.74. The van der Waals surface area contributed by atoms with Gasteiger partial charge in [-0.05, 0) is 40.4 Å². The van der Waals surface area contributed by atoms with Gasteiger partial charge in [0.1, 0.15) is 10.4 Å². The van der Waals surface area contributed by atoms with Crippen LogP contribution in [0, 0.1) is 0 Å². The molecule has 0 radical (unpaired) electrons. The van der Waals surface area contributed by atoms with Crippen LogP contribution in [0.2, 0.25) is 0 Å². The van der Waals surface area contributed by atoms with E-state index in [9.17, 15) is 5.11 Å². The van der Waals surface area contributed by atoms with Crippen LogP contribution in [0.3, 0.4) is 0 Å². The average Bonchev–Trinajstić information content (AvgIpc) is 2.50. The first-order valence-corrected chi connectivity index (χ1v) is 7.54. The molecule has 1 unspecified atom stereocenters. The van der Waals surface area contributed by atoms with Crippen molar-refractivity contribution in [2.75, 3.05) is 5.32 Å². The normalized spacial score (nSPS) is 12.3. The van der Waals surface area contributed by atoms with Gasteiger partial charge in [0.25, 0.3) is 0 Å². The Kier molecular flexibility index (Phi) is 3.80. The SMILES string of the molecule is CC(Nc1cccnc1Br)c1ccc2ccccc2c1O. The number of phenols is 1. The van der Waals surface area contributed by atoms with Crippen LogP contribution in [-0.4, -0.2) is 10.1 Å². The van der Waals surface area contributed by atoms with E-state index in [4.69, 9.17) is 0 Å². The first-order valence-electron chi connectivity index (χ1n) is 6.74.